The lowest BCUT2D eigenvalue weighted by Gasteiger charge is -2.26. The third-order valence-electron chi connectivity index (χ3n) is 2.52. The number of amides is 1. The van der Waals surface area contributed by atoms with Crippen molar-refractivity contribution in [2.24, 2.45) is 5.73 Å². The molecule has 2 rings (SSSR count). The Morgan fingerprint density at radius 2 is 2.12 bits per heavy atom. The van der Waals surface area contributed by atoms with Crippen molar-refractivity contribution in [2.45, 2.75) is 12.5 Å². The first kappa shape index (κ1) is 11.6. The molecule has 0 saturated heterocycles. The maximum Gasteiger partial charge on any atom is 0.249 e. The number of thiazole rings is 1. The highest BCUT2D eigenvalue weighted by Gasteiger charge is 2.35. The molecule has 88 valence electrons. The number of para-hydroxylation sites is 1. The van der Waals surface area contributed by atoms with Crippen LogP contribution in [0.15, 0.2) is 41.9 Å². The highest BCUT2D eigenvalue weighted by Crippen LogP contribution is 2.27. The van der Waals surface area contributed by atoms with Gasteiger partial charge in [0.1, 0.15) is 5.01 Å². The van der Waals surface area contributed by atoms with E-state index in [0.717, 1.165) is 5.69 Å². The van der Waals surface area contributed by atoms with Gasteiger partial charge in [-0.2, -0.15) is 0 Å². The van der Waals surface area contributed by atoms with E-state index in [-0.39, 0.29) is 0 Å². The smallest absolute Gasteiger partial charge is 0.249 e. The molecule has 0 fully saturated rings. The molecule has 0 aliphatic carbocycles. The Labute approximate surface area is 103 Å². The Kier molecular flexibility index (Phi) is 3.10. The molecule has 0 aliphatic rings. The van der Waals surface area contributed by atoms with Crippen LogP contribution in [0.2, 0.25) is 0 Å². The summed E-state index contributed by atoms with van der Waals surface area (Å²) in [4.78, 5) is 15.8. The van der Waals surface area contributed by atoms with Gasteiger partial charge < -0.3 is 11.1 Å². The Bertz CT molecular complexity index is 498. The fourth-order valence-electron chi connectivity index (χ4n) is 1.50. The number of nitrogens with zero attached hydrogens (tertiary/aromatic N) is 1. The summed E-state index contributed by atoms with van der Waals surface area (Å²) >= 11 is 1.40. The average molecular weight is 247 g/mol. The molecular weight excluding hydrogens is 234 g/mol. The van der Waals surface area contributed by atoms with Crippen molar-refractivity contribution in [2.75, 3.05) is 5.32 Å². The molecule has 1 amide bonds. The van der Waals surface area contributed by atoms with E-state index in [9.17, 15) is 4.79 Å². The molecule has 0 saturated carbocycles. The summed E-state index contributed by atoms with van der Waals surface area (Å²) in [7, 11) is 0. The van der Waals surface area contributed by atoms with Crippen molar-refractivity contribution < 1.29 is 4.79 Å². The molecule has 0 radical (unpaired) electrons. The molecule has 0 spiro atoms. The van der Waals surface area contributed by atoms with Crippen LogP contribution < -0.4 is 11.1 Å². The molecule has 5 heteroatoms. The summed E-state index contributed by atoms with van der Waals surface area (Å²) in [5, 5.41) is 5.61. The zero-order valence-electron chi connectivity index (χ0n) is 9.38. The number of nitrogens with one attached hydrogen (secondary N) is 1. The second kappa shape index (κ2) is 4.55. The second-order valence-electron chi connectivity index (χ2n) is 3.82. The largest absolute Gasteiger partial charge is 0.367 e. The van der Waals surface area contributed by atoms with E-state index in [0.29, 0.717) is 5.01 Å². The van der Waals surface area contributed by atoms with Gasteiger partial charge in [0.2, 0.25) is 5.91 Å². The molecule has 1 atom stereocenters. The lowest BCUT2D eigenvalue weighted by atomic mass is 10.0. The van der Waals surface area contributed by atoms with E-state index < -0.39 is 11.4 Å². The predicted molar refractivity (Wildman–Crippen MR) is 68.7 cm³/mol. The van der Waals surface area contributed by atoms with Crippen molar-refractivity contribution >= 4 is 22.9 Å². The average Bonchev–Trinajstić information content (AvgIpc) is 2.84. The van der Waals surface area contributed by atoms with Gasteiger partial charge in [-0.1, -0.05) is 18.2 Å². The number of nitrogens with two attached hydrogens (primary N) is 1. The van der Waals surface area contributed by atoms with Gasteiger partial charge >= 0.3 is 0 Å². The highest BCUT2D eigenvalue weighted by atomic mass is 32.1. The van der Waals surface area contributed by atoms with Crippen LogP contribution in [0.5, 0.6) is 0 Å². The fourth-order valence-corrected chi connectivity index (χ4v) is 2.26. The van der Waals surface area contributed by atoms with E-state index >= 15 is 0 Å². The van der Waals surface area contributed by atoms with E-state index in [1.54, 1.807) is 13.1 Å². The number of rotatable bonds is 4. The van der Waals surface area contributed by atoms with Crippen molar-refractivity contribution in [3.05, 3.63) is 46.9 Å². The number of carbonyl (C=O) groups excluding carboxylic acids is 1. The quantitative estimate of drug-likeness (QED) is 0.867. The molecule has 0 bridgehead atoms. The van der Waals surface area contributed by atoms with Crippen LogP contribution in [0.4, 0.5) is 5.69 Å². The van der Waals surface area contributed by atoms with Crippen LogP contribution in [0.1, 0.15) is 11.9 Å². The van der Waals surface area contributed by atoms with E-state index in [2.05, 4.69) is 10.3 Å². The van der Waals surface area contributed by atoms with Crippen LogP contribution in [0.3, 0.4) is 0 Å². The molecule has 1 aromatic heterocycles. The van der Waals surface area contributed by atoms with Crippen molar-refractivity contribution in [1.82, 2.24) is 4.98 Å². The fraction of sp³-hybridized carbons (Fsp3) is 0.167. The monoisotopic (exact) mass is 247 g/mol. The molecule has 2 aromatic rings. The van der Waals surface area contributed by atoms with Crippen molar-refractivity contribution in [3.8, 4) is 0 Å². The third-order valence-corrected chi connectivity index (χ3v) is 3.52. The zero-order valence-corrected chi connectivity index (χ0v) is 10.2. The number of aromatic nitrogens is 1. The normalized spacial score (nSPS) is 13.9. The Morgan fingerprint density at radius 1 is 1.41 bits per heavy atom. The van der Waals surface area contributed by atoms with Crippen molar-refractivity contribution in [1.29, 1.82) is 0 Å². The standard InChI is InChI=1S/C12H13N3OS/c1-12(10(13)16,11-14-7-8-17-11)15-9-5-3-2-4-6-9/h2-8,15H,1H3,(H2,13,16). The number of hydrogen-bond donors (Lipinski definition) is 2. The topological polar surface area (TPSA) is 68.0 Å². The molecular formula is C12H13N3OS. The Morgan fingerprint density at radius 3 is 2.65 bits per heavy atom. The molecule has 1 heterocycles. The lowest BCUT2D eigenvalue weighted by Crippen LogP contribution is -2.45. The van der Waals surface area contributed by atoms with Crippen molar-refractivity contribution in [3.63, 3.8) is 0 Å². The first-order chi connectivity index (χ1) is 8.13. The summed E-state index contributed by atoms with van der Waals surface area (Å²) in [5.74, 6) is -0.448. The van der Waals surface area contributed by atoms with Gasteiger partial charge in [0.05, 0.1) is 0 Å². The molecule has 1 aromatic carbocycles. The number of hydrogen-bond acceptors (Lipinski definition) is 4. The van der Waals surface area contributed by atoms with E-state index in [4.69, 9.17) is 5.73 Å². The van der Waals surface area contributed by atoms with Crippen LogP contribution in [-0.2, 0) is 10.3 Å². The van der Waals surface area contributed by atoms with Crippen LogP contribution >= 0.6 is 11.3 Å². The van der Waals surface area contributed by atoms with Gasteiger partial charge in [-0.15, -0.1) is 11.3 Å². The number of primary amides is 1. The zero-order chi connectivity index (χ0) is 12.3. The summed E-state index contributed by atoms with van der Waals surface area (Å²) in [5.41, 5.74) is 5.34. The van der Waals surface area contributed by atoms with Crippen LogP contribution in [-0.4, -0.2) is 10.9 Å². The van der Waals surface area contributed by atoms with Gasteiger partial charge in [-0.25, -0.2) is 4.98 Å². The Balaban J connectivity index is 2.34. The number of anilines is 1. The molecule has 1 unspecified atom stereocenters. The second-order valence-corrected chi connectivity index (χ2v) is 4.71. The summed E-state index contributed by atoms with van der Waals surface area (Å²) in [6, 6.07) is 9.47. The minimum Gasteiger partial charge on any atom is -0.367 e. The van der Waals surface area contributed by atoms with E-state index in [1.807, 2.05) is 35.7 Å². The highest BCUT2D eigenvalue weighted by molar-refractivity contribution is 7.09. The molecule has 4 nitrogen and oxygen atoms in total. The molecule has 17 heavy (non-hydrogen) atoms. The summed E-state index contributed by atoms with van der Waals surface area (Å²) in [6.45, 7) is 1.74. The first-order valence-corrected chi connectivity index (χ1v) is 6.04. The first-order valence-electron chi connectivity index (χ1n) is 5.16. The summed E-state index contributed by atoms with van der Waals surface area (Å²) < 4.78 is 0. The minimum absolute atomic E-state index is 0.448. The molecule has 3 N–H and O–H groups in total. The maximum absolute atomic E-state index is 11.7. The third kappa shape index (κ3) is 2.29. The van der Waals surface area contributed by atoms with E-state index in [1.165, 1.54) is 11.3 Å². The number of carbonyl (C=O) groups is 1. The number of benzene rings is 1. The molecule has 0 aliphatic heterocycles. The Hall–Kier alpha value is -1.88. The van der Waals surface area contributed by atoms with Crippen LogP contribution in [0.25, 0.3) is 0 Å². The van der Waals surface area contributed by atoms with Crippen LogP contribution in [0, 0.1) is 0 Å². The van der Waals surface area contributed by atoms with Gasteiger partial charge in [-0.3, -0.25) is 4.79 Å². The van der Waals surface area contributed by atoms with Gasteiger partial charge in [0, 0.05) is 17.3 Å². The predicted octanol–water partition coefficient (Wildman–Crippen LogP) is 1.96. The lowest BCUT2D eigenvalue weighted by molar-refractivity contribution is -0.122. The van der Waals surface area contributed by atoms with Gasteiger partial charge in [-0.05, 0) is 19.1 Å². The summed E-state index contributed by atoms with van der Waals surface area (Å²) in [6.07, 6.45) is 1.66. The maximum atomic E-state index is 11.7. The van der Waals surface area contributed by atoms with Gasteiger partial charge in [0.15, 0.2) is 5.54 Å². The SMILES string of the molecule is CC(Nc1ccccc1)(C(N)=O)c1nccs1. The minimum atomic E-state index is -0.977. The van der Waals surface area contributed by atoms with Gasteiger partial charge in [0.25, 0.3) is 0 Å².